The van der Waals surface area contributed by atoms with Crippen LogP contribution in [0.5, 0.6) is 11.5 Å². The molecule has 0 aromatic heterocycles. The second-order valence-corrected chi connectivity index (χ2v) is 8.62. The van der Waals surface area contributed by atoms with Gasteiger partial charge in [0.15, 0.2) is 11.5 Å². The maximum atomic E-state index is 12.7. The first kappa shape index (κ1) is 23.6. The van der Waals surface area contributed by atoms with Crippen LogP contribution < -0.4 is 25.0 Å². The van der Waals surface area contributed by atoms with Crippen molar-refractivity contribution in [2.24, 2.45) is 0 Å². The van der Waals surface area contributed by atoms with E-state index in [1.54, 1.807) is 30.3 Å². The predicted octanol–water partition coefficient (Wildman–Crippen LogP) is 2.89. The number of nitrogens with one attached hydrogen (secondary N) is 3. The van der Waals surface area contributed by atoms with E-state index in [9.17, 15) is 18.0 Å². The fraction of sp³-hybridized carbons (Fsp3) is 0.130. The average molecular weight is 470 g/mol. The third kappa shape index (κ3) is 5.60. The van der Waals surface area contributed by atoms with Gasteiger partial charge in [0.1, 0.15) is 0 Å². The summed E-state index contributed by atoms with van der Waals surface area (Å²) < 4.78 is 38.2. The van der Waals surface area contributed by atoms with Gasteiger partial charge in [-0.15, -0.1) is 0 Å². The normalized spacial score (nSPS) is 10.8. The van der Waals surface area contributed by atoms with Crippen molar-refractivity contribution >= 4 is 27.5 Å². The van der Waals surface area contributed by atoms with E-state index in [2.05, 4.69) is 15.6 Å². The number of methoxy groups -OCH3 is 2. The van der Waals surface area contributed by atoms with E-state index in [0.717, 1.165) is 5.56 Å². The molecule has 0 heterocycles. The molecule has 3 rings (SSSR count). The van der Waals surface area contributed by atoms with Gasteiger partial charge >= 0.3 is 0 Å². The van der Waals surface area contributed by atoms with E-state index in [4.69, 9.17) is 9.47 Å². The summed E-state index contributed by atoms with van der Waals surface area (Å²) in [6.07, 6.45) is 0. The van der Waals surface area contributed by atoms with E-state index < -0.39 is 21.8 Å². The van der Waals surface area contributed by atoms with Crippen LogP contribution in [-0.4, -0.2) is 34.5 Å². The van der Waals surface area contributed by atoms with Gasteiger partial charge in [0.2, 0.25) is 0 Å². The Kier molecular flexibility index (Phi) is 7.19. The number of benzene rings is 3. The molecule has 0 spiro atoms. The van der Waals surface area contributed by atoms with Gasteiger partial charge < -0.3 is 9.47 Å². The lowest BCUT2D eigenvalue weighted by Gasteiger charge is -2.14. The van der Waals surface area contributed by atoms with Crippen LogP contribution in [0.3, 0.4) is 0 Å². The van der Waals surface area contributed by atoms with E-state index in [1.807, 2.05) is 6.92 Å². The van der Waals surface area contributed by atoms with Gasteiger partial charge in [-0.25, -0.2) is 8.42 Å². The van der Waals surface area contributed by atoms with Gasteiger partial charge in [-0.05, 0) is 49.4 Å². The minimum absolute atomic E-state index is 0.0285. The summed E-state index contributed by atoms with van der Waals surface area (Å²) >= 11 is 0. The Balaban J connectivity index is 1.74. The highest BCUT2D eigenvalue weighted by atomic mass is 32.2. The van der Waals surface area contributed by atoms with E-state index >= 15 is 0 Å². The molecule has 0 saturated carbocycles. The SMILES string of the molecule is COc1ccc(C(=O)NNC(=O)c2ccccc2NS(=O)(=O)c2ccc(C)cc2)cc1OC. The molecule has 33 heavy (non-hydrogen) atoms. The number of carbonyl (C=O) groups is 2. The zero-order valence-electron chi connectivity index (χ0n) is 18.2. The number of hydrogen-bond acceptors (Lipinski definition) is 6. The highest BCUT2D eigenvalue weighted by molar-refractivity contribution is 7.92. The molecule has 10 heteroatoms. The molecule has 172 valence electrons. The number of hydrogen-bond donors (Lipinski definition) is 3. The van der Waals surface area contributed by atoms with Crippen molar-refractivity contribution in [3.8, 4) is 11.5 Å². The summed E-state index contributed by atoms with van der Waals surface area (Å²) in [5.74, 6) is -0.492. The van der Waals surface area contributed by atoms with Crippen molar-refractivity contribution in [3.05, 3.63) is 83.4 Å². The number of ether oxygens (including phenoxy) is 2. The van der Waals surface area contributed by atoms with Crippen LogP contribution in [0.1, 0.15) is 26.3 Å². The third-order valence-electron chi connectivity index (χ3n) is 4.68. The summed E-state index contributed by atoms with van der Waals surface area (Å²) in [6.45, 7) is 1.85. The quantitative estimate of drug-likeness (QED) is 0.457. The first-order valence-corrected chi connectivity index (χ1v) is 11.2. The molecular formula is C23H23N3O6S. The third-order valence-corrected chi connectivity index (χ3v) is 6.06. The minimum atomic E-state index is -3.92. The Morgan fingerprint density at radius 2 is 1.42 bits per heavy atom. The lowest BCUT2D eigenvalue weighted by molar-refractivity contribution is 0.0847. The number of rotatable bonds is 7. The number of carbonyl (C=O) groups excluding carboxylic acids is 2. The van der Waals surface area contributed by atoms with Gasteiger partial charge in [-0.3, -0.25) is 25.2 Å². The van der Waals surface area contributed by atoms with Crippen molar-refractivity contribution < 1.29 is 27.5 Å². The van der Waals surface area contributed by atoms with Crippen molar-refractivity contribution in [2.75, 3.05) is 18.9 Å². The first-order chi connectivity index (χ1) is 15.7. The van der Waals surface area contributed by atoms with Gasteiger partial charge in [-0.1, -0.05) is 29.8 Å². The summed E-state index contributed by atoms with van der Waals surface area (Å²) in [4.78, 5) is 25.2. The lowest BCUT2D eigenvalue weighted by atomic mass is 10.2. The number of amides is 2. The molecule has 9 nitrogen and oxygen atoms in total. The molecule has 0 aliphatic rings. The maximum Gasteiger partial charge on any atom is 0.271 e. The van der Waals surface area contributed by atoms with Crippen LogP contribution in [-0.2, 0) is 10.0 Å². The topological polar surface area (TPSA) is 123 Å². The minimum Gasteiger partial charge on any atom is -0.493 e. The molecule has 0 atom stereocenters. The van der Waals surface area contributed by atoms with E-state index in [0.29, 0.717) is 11.5 Å². The lowest BCUT2D eigenvalue weighted by Crippen LogP contribution is -2.41. The molecule has 0 fully saturated rings. The van der Waals surface area contributed by atoms with Crippen molar-refractivity contribution in [1.29, 1.82) is 0 Å². The number of para-hydroxylation sites is 1. The molecule has 3 N–H and O–H groups in total. The number of sulfonamides is 1. The molecule has 2 amide bonds. The predicted molar refractivity (Wildman–Crippen MR) is 123 cm³/mol. The summed E-state index contributed by atoms with van der Waals surface area (Å²) in [6, 6.07) is 16.9. The Bertz CT molecular complexity index is 1270. The Morgan fingerprint density at radius 3 is 2.09 bits per heavy atom. The fourth-order valence-corrected chi connectivity index (χ4v) is 4.00. The number of aryl methyl sites for hydroxylation is 1. The monoisotopic (exact) mass is 469 g/mol. The Hall–Kier alpha value is -4.05. The summed E-state index contributed by atoms with van der Waals surface area (Å²) in [5, 5.41) is 0. The van der Waals surface area contributed by atoms with Crippen molar-refractivity contribution in [1.82, 2.24) is 10.9 Å². The second kappa shape index (κ2) is 10.0. The smallest absolute Gasteiger partial charge is 0.271 e. The Morgan fingerprint density at radius 1 is 0.788 bits per heavy atom. The van der Waals surface area contributed by atoms with E-state index in [1.165, 1.54) is 50.6 Å². The fourth-order valence-electron chi connectivity index (χ4n) is 2.92. The summed E-state index contributed by atoms with van der Waals surface area (Å²) in [7, 11) is -1.00. The van der Waals surface area contributed by atoms with Gasteiger partial charge in [0.05, 0.1) is 30.4 Å². The van der Waals surface area contributed by atoms with Crippen molar-refractivity contribution in [3.63, 3.8) is 0 Å². The van der Waals surface area contributed by atoms with Gasteiger partial charge in [-0.2, -0.15) is 0 Å². The number of anilines is 1. The highest BCUT2D eigenvalue weighted by Crippen LogP contribution is 2.27. The van der Waals surface area contributed by atoms with Crippen LogP contribution in [0.2, 0.25) is 0 Å². The van der Waals surface area contributed by atoms with Gasteiger partial charge in [0.25, 0.3) is 21.8 Å². The molecular weight excluding hydrogens is 446 g/mol. The van der Waals surface area contributed by atoms with Crippen LogP contribution in [0.15, 0.2) is 71.6 Å². The maximum absolute atomic E-state index is 12.7. The van der Waals surface area contributed by atoms with Crippen LogP contribution in [0.4, 0.5) is 5.69 Å². The van der Waals surface area contributed by atoms with Crippen LogP contribution in [0, 0.1) is 6.92 Å². The molecule has 0 saturated heterocycles. The molecule has 0 bridgehead atoms. The molecule has 0 radical (unpaired) electrons. The first-order valence-electron chi connectivity index (χ1n) is 9.76. The van der Waals surface area contributed by atoms with Crippen molar-refractivity contribution in [2.45, 2.75) is 11.8 Å². The molecule has 0 aliphatic carbocycles. The second-order valence-electron chi connectivity index (χ2n) is 6.94. The summed E-state index contributed by atoms with van der Waals surface area (Å²) in [5.41, 5.74) is 5.83. The average Bonchev–Trinajstić information content (AvgIpc) is 2.82. The Labute approximate surface area is 191 Å². The molecule has 0 aliphatic heterocycles. The zero-order chi connectivity index (χ0) is 24.0. The molecule has 0 unspecified atom stereocenters. The molecule has 3 aromatic rings. The standard InChI is InChI=1S/C23H23N3O6S/c1-15-8-11-17(12-9-15)33(29,30)26-19-7-5-4-6-18(19)23(28)25-24-22(27)16-10-13-20(31-2)21(14-16)32-3/h4-14,26H,1-3H3,(H,24,27)(H,25,28). The highest BCUT2D eigenvalue weighted by Gasteiger charge is 2.19. The van der Waals surface area contributed by atoms with E-state index in [-0.39, 0.29) is 21.7 Å². The van der Waals surface area contributed by atoms with Crippen LogP contribution >= 0.6 is 0 Å². The molecule has 3 aromatic carbocycles. The number of hydrazine groups is 1. The zero-order valence-corrected chi connectivity index (χ0v) is 19.0. The van der Waals surface area contributed by atoms with Crippen LogP contribution in [0.25, 0.3) is 0 Å². The van der Waals surface area contributed by atoms with Gasteiger partial charge in [0, 0.05) is 5.56 Å². The largest absolute Gasteiger partial charge is 0.493 e.